The summed E-state index contributed by atoms with van der Waals surface area (Å²) in [7, 11) is 3.92. The highest BCUT2D eigenvalue weighted by Crippen LogP contribution is 2.38. The van der Waals surface area contributed by atoms with E-state index in [1.54, 1.807) is 24.3 Å². The number of pyridine rings is 1. The van der Waals surface area contributed by atoms with Crippen LogP contribution in [0.15, 0.2) is 67.0 Å². The van der Waals surface area contributed by atoms with E-state index in [9.17, 15) is 13.6 Å². The third-order valence-electron chi connectivity index (χ3n) is 6.89. The Morgan fingerprint density at radius 2 is 1.68 bits per heavy atom. The number of rotatable bonds is 11. The molecule has 1 saturated carbocycles. The number of fused-ring (bicyclic) bond motifs is 1. The second kappa shape index (κ2) is 12.5. The second-order valence-electron chi connectivity index (χ2n) is 10.2. The normalized spacial score (nSPS) is 13.7. The van der Waals surface area contributed by atoms with Crippen LogP contribution in [-0.4, -0.2) is 38.3 Å². The zero-order valence-electron chi connectivity index (χ0n) is 22.5. The third kappa shape index (κ3) is 7.18. The lowest BCUT2D eigenvalue weighted by Crippen LogP contribution is -2.15. The zero-order chi connectivity index (χ0) is 29.1. The highest BCUT2D eigenvalue weighted by Gasteiger charge is 2.26. The molecule has 214 valence electrons. The van der Waals surface area contributed by atoms with Crippen molar-refractivity contribution in [2.45, 2.75) is 32.0 Å². The summed E-state index contributed by atoms with van der Waals surface area (Å²) in [6.07, 6.45) is 4.19. The van der Waals surface area contributed by atoms with Gasteiger partial charge in [-0.25, -0.2) is 4.79 Å². The fourth-order valence-corrected chi connectivity index (χ4v) is 4.92. The SMILES string of the molecule is CN(C)c1ccc2cc(C(=O)OC(Cc3c(Cl)cncc3Cl)c3ccc(OC(F)F)c(OCC4CC4)c3)ccc2c1. The molecule has 41 heavy (non-hydrogen) atoms. The van der Waals surface area contributed by atoms with Crippen LogP contribution in [0, 0.1) is 5.92 Å². The Kier molecular flexibility index (Phi) is 8.80. The van der Waals surface area contributed by atoms with Gasteiger partial charge in [-0.2, -0.15) is 8.78 Å². The Bertz CT molecular complexity index is 1540. The van der Waals surface area contributed by atoms with Crippen LogP contribution in [0.3, 0.4) is 0 Å². The minimum Gasteiger partial charge on any atom is -0.489 e. The number of hydrogen-bond donors (Lipinski definition) is 0. The first-order valence-electron chi connectivity index (χ1n) is 13.1. The molecule has 0 N–H and O–H groups in total. The van der Waals surface area contributed by atoms with Crippen LogP contribution in [0.2, 0.25) is 10.0 Å². The molecule has 1 unspecified atom stereocenters. The predicted molar refractivity (Wildman–Crippen MR) is 156 cm³/mol. The molecule has 1 aromatic heterocycles. The topological polar surface area (TPSA) is 60.9 Å². The second-order valence-corrected chi connectivity index (χ2v) is 11.0. The first-order chi connectivity index (χ1) is 19.7. The molecule has 0 spiro atoms. The Balaban J connectivity index is 1.48. The summed E-state index contributed by atoms with van der Waals surface area (Å²) < 4.78 is 42.8. The van der Waals surface area contributed by atoms with E-state index in [4.69, 9.17) is 32.7 Å². The van der Waals surface area contributed by atoms with E-state index in [-0.39, 0.29) is 17.9 Å². The van der Waals surface area contributed by atoms with Gasteiger partial charge in [-0.1, -0.05) is 41.4 Å². The minimum atomic E-state index is -3.02. The number of benzene rings is 3. The van der Waals surface area contributed by atoms with Gasteiger partial charge in [-0.05, 0) is 77.1 Å². The summed E-state index contributed by atoms with van der Waals surface area (Å²) >= 11 is 12.8. The van der Waals surface area contributed by atoms with Crippen LogP contribution in [0.5, 0.6) is 11.5 Å². The van der Waals surface area contributed by atoms with E-state index in [0.717, 1.165) is 29.3 Å². The van der Waals surface area contributed by atoms with Crippen molar-refractivity contribution in [3.63, 3.8) is 0 Å². The van der Waals surface area contributed by atoms with Gasteiger partial charge in [0.05, 0.1) is 22.2 Å². The molecular weight excluding hydrogens is 573 g/mol. The highest BCUT2D eigenvalue weighted by atomic mass is 35.5. The number of hydrogen-bond acceptors (Lipinski definition) is 6. The number of carbonyl (C=O) groups excluding carboxylic acids is 1. The predicted octanol–water partition coefficient (Wildman–Crippen LogP) is 8.14. The number of anilines is 1. The fourth-order valence-electron chi connectivity index (χ4n) is 4.40. The van der Waals surface area contributed by atoms with Crippen molar-refractivity contribution in [3.8, 4) is 11.5 Å². The molecule has 0 aliphatic heterocycles. The van der Waals surface area contributed by atoms with E-state index in [2.05, 4.69) is 9.72 Å². The summed E-state index contributed by atoms with van der Waals surface area (Å²) in [4.78, 5) is 19.5. The monoisotopic (exact) mass is 600 g/mol. The molecule has 1 aliphatic carbocycles. The summed E-state index contributed by atoms with van der Waals surface area (Å²) in [5, 5.41) is 2.48. The lowest BCUT2D eigenvalue weighted by molar-refractivity contribution is -0.0515. The van der Waals surface area contributed by atoms with Crippen molar-refractivity contribution >= 4 is 45.6 Å². The summed E-state index contributed by atoms with van der Waals surface area (Å²) in [5.41, 5.74) is 2.43. The maximum Gasteiger partial charge on any atom is 0.387 e. The Hall–Kier alpha value is -3.62. The van der Waals surface area contributed by atoms with Gasteiger partial charge in [0.2, 0.25) is 0 Å². The van der Waals surface area contributed by atoms with E-state index >= 15 is 0 Å². The van der Waals surface area contributed by atoms with Crippen LogP contribution >= 0.6 is 23.2 Å². The summed E-state index contributed by atoms with van der Waals surface area (Å²) in [6.45, 7) is -2.64. The number of nitrogens with zero attached hydrogens (tertiary/aromatic N) is 2. The Morgan fingerprint density at radius 1 is 0.976 bits per heavy atom. The first-order valence-corrected chi connectivity index (χ1v) is 13.8. The van der Waals surface area contributed by atoms with Gasteiger partial charge in [0, 0.05) is 38.6 Å². The number of alkyl halides is 2. The molecule has 1 atom stereocenters. The number of carbonyl (C=O) groups is 1. The van der Waals surface area contributed by atoms with Crippen molar-refractivity contribution in [2.75, 3.05) is 25.6 Å². The van der Waals surface area contributed by atoms with Gasteiger partial charge in [0.1, 0.15) is 6.10 Å². The van der Waals surface area contributed by atoms with Crippen molar-refractivity contribution in [2.24, 2.45) is 5.92 Å². The van der Waals surface area contributed by atoms with E-state index < -0.39 is 18.7 Å². The highest BCUT2D eigenvalue weighted by molar-refractivity contribution is 6.35. The average molecular weight is 601 g/mol. The quantitative estimate of drug-likeness (QED) is 0.162. The van der Waals surface area contributed by atoms with Crippen molar-refractivity contribution < 1.29 is 27.8 Å². The molecule has 1 fully saturated rings. The van der Waals surface area contributed by atoms with Gasteiger partial charge in [-0.15, -0.1) is 0 Å². The Morgan fingerprint density at radius 3 is 2.37 bits per heavy atom. The molecule has 0 bridgehead atoms. The summed E-state index contributed by atoms with van der Waals surface area (Å²) in [5.74, 6) is -0.141. The Labute approximate surface area is 246 Å². The lowest BCUT2D eigenvalue weighted by atomic mass is 10.0. The first kappa shape index (κ1) is 28.9. The molecule has 1 aliphatic rings. The van der Waals surface area contributed by atoms with Gasteiger partial charge < -0.3 is 19.1 Å². The minimum absolute atomic E-state index is 0.0962. The van der Waals surface area contributed by atoms with Crippen LogP contribution < -0.4 is 14.4 Å². The number of halogens is 4. The maximum absolute atomic E-state index is 13.5. The summed E-state index contributed by atoms with van der Waals surface area (Å²) in [6, 6.07) is 15.8. The molecule has 3 aromatic carbocycles. The van der Waals surface area contributed by atoms with Crippen molar-refractivity contribution in [1.82, 2.24) is 4.98 Å². The maximum atomic E-state index is 13.5. The average Bonchev–Trinajstić information content (AvgIpc) is 3.77. The molecular formula is C31H28Cl2F2N2O4. The van der Waals surface area contributed by atoms with E-state index in [1.165, 1.54) is 18.5 Å². The number of ether oxygens (including phenoxy) is 3. The standard InChI is InChI=1S/C31H28Cl2F2N2O4/c1-37(2)23-9-7-19-11-22(6-5-20(19)12-23)30(38)40-28(14-24-25(32)15-36-16-26(24)33)21-8-10-27(41-31(34)35)29(13-21)39-17-18-3-4-18/h5-13,15-16,18,28,31H,3-4,14,17H2,1-2H3. The molecule has 0 amide bonds. The smallest absolute Gasteiger partial charge is 0.387 e. The van der Waals surface area contributed by atoms with Crippen molar-refractivity contribution in [1.29, 1.82) is 0 Å². The molecule has 0 radical (unpaired) electrons. The van der Waals surface area contributed by atoms with Gasteiger partial charge in [-0.3, -0.25) is 4.98 Å². The molecule has 4 aromatic rings. The molecule has 10 heteroatoms. The van der Waals surface area contributed by atoms with Crippen LogP contribution in [0.1, 0.15) is 40.4 Å². The number of esters is 1. The van der Waals surface area contributed by atoms with E-state index in [1.807, 2.05) is 43.3 Å². The van der Waals surface area contributed by atoms with E-state index in [0.29, 0.717) is 39.3 Å². The van der Waals surface area contributed by atoms with Gasteiger partial charge in [0.25, 0.3) is 0 Å². The van der Waals surface area contributed by atoms with Gasteiger partial charge >= 0.3 is 12.6 Å². The van der Waals surface area contributed by atoms with Gasteiger partial charge in [0.15, 0.2) is 11.5 Å². The van der Waals surface area contributed by atoms with Crippen LogP contribution in [0.4, 0.5) is 14.5 Å². The zero-order valence-corrected chi connectivity index (χ0v) is 24.0. The van der Waals surface area contributed by atoms with Crippen LogP contribution in [0.25, 0.3) is 10.8 Å². The molecule has 1 heterocycles. The lowest BCUT2D eigenvalue weighted by Gasteiger charge is -2.22. The molecule has 6 nitrogen and oxygen atoms in total. The molecule has 5 rings (SSSR count). The van der Waals surface area contributed by atoms with Crippen LogP contribution in [-0.2, 0) is 11.2 Å². The third-order valence-corrected chi connectivity index (χ3v) is 7.55. The fraction of sp³-hybridized carbons (Fsp3) is 0.290. The number of aromatic nitrogens is 1. The van der Waals surface area contributed by atoms with Crippen molar-refractivity contribution in [3.05, 3.63) is 93.7 Å². The largest absolute Gasteiger partial charge is 0.489 e. The molecule has 0 saturated heterocycles.